The van der Waals surface area contributed by atoms with Crippen molar-refractivity contribution in [3.05, 3.63) is 165 Å². The van der Waals surface area contributed by atoms with Crippen LogP contribution in [0.5, 0.6) is 23.0 Å². The summed E-state index contributed by atoms with van der Waals surface area (Å²) in [6, 6.07) is 32.7. The second-order valence-electron chi connectivity index (χ2n) is 20.9. The van der Waals surface area contributed by atoms with Gasteiger partial charge in [0.2, 0.25) is 0 Å². The Morgan fingerprint density at radius 1 is 0.480 bits per heavy atom. The van der Waals surface area contributed by atoms with Crippen LogP contribution in [-0.2, 0) is 35.1 Å². The van der Waals surface area contributed by atoms with E-state index in [2.05, 4.69) is 19.6 Å². The van der Waals surface area contributed by atoms with Crippen molar-refractivity contribution in [2.45, 2.75) is 36.9 Å². The SMILES string of the molecule is O=C(O)c1ccc2c(c1)C1(OC2=O)c2ccc(N3CCC3)cc2Oc2cc(N3CC(C4CN(c5ccc6c(c5)Oc5cc(N7CCC7)ccc5C65OC(=O)c6ccc(C(=O)ON7C(=O)CCC7=O)cc65)C4)C3)ccc21. The van der Waals surface area contributed by atoms with E-state index in [9.17, 15) is 33.9 Å². The Bertz CT molecular complexity index is 3600. The summed E-state index contributed by atoms with van der Waals surface area (Å²) in [5.41, 5.74) is 5.07. The first kappa shape index (κ1) is 43.7. The Morgan fingerprint density at radius 3 is 1.25 bits per heavy atom. The van der Waals surface area contributed by atoms with Crippen LogP contribution < -0.4 is 29.1 Å². The number of rotatable bonds is 8. The van der Waals surface area contributed by atoms with Crippen molar-refractivity contribution < 1.29 is 57.7 Å². The van der Waals surface area contributed by atoms with Gasteiger partial charge in [-0.05, 0) is 97.8 Å². The first-order valence-corrected chi connectivity index (χ1v) is 25.4. The van der Waals surface area contributed by atoms with Crippen LogP contribution in [0.2, 0.25) is 0 Å². The van der Waals surface area contributed by atoms with Crippen LogP contribution in [0.3, 0.4) is 0 Å². The standard InChI is InChI=1S/C58H45N5O12/c64-51-15-16-52(65)63(51)75-54(68)32-4-10-40-46(22-32)58(74-56(40)70)42-12-6-36(60-19-2-20-60)24-48(42)72-50-26-38(8-14-44(50)58)62-29-34(30-62)33-27-61(28-33)37-7-13-43-49(25-37)71-47-23-35(59-17-1-18-59)5-11-41(47)57(43)45-21-31(53(66)67)3-9-39(45)55(69)73-57/h3-14,21-26,33-34H,1-2,15-20,27-30H2,(H,66,67). The van der Waals surface area contributed by atoms with E-state index >= 15 is 0 Å². The number of carboxylic acid groups (broad SMARTS) is 1. The van der Waals surface area contributed by atoms with E-state index < -0.39 is 46.9 Å². The lowest BCUT2D eigenvalue weighted by molar-refractivity contribution is -0.172. The number of benzene rings is 6. The van der Waals surface area contributed by atoms with E-state index in [4.69, 9.17) is 23.8 Å². The van der Waals surface area contributed by atoms with Gasteiger partial charge >= 0.3 is 23.9 Å². The molecule has 75 heavy (non-hydrogen) atoms. The summed E-state index contributed by atoms with van der Waals surface area (Å²) in [7, 11) is 0. The first-order valence-electron chi connectivity index (χ1n) is 25.4. The highest BCUT2D eigenvalue weighted by molar-refractivity contribution is 6.04. The number of hydroxylamine groups is 2. The van der Waals surface area contributed by atoms with Crippen LogP contribution in [0.1, 0.15) is 100 Å². The summed E-state index contributed by atoms with van der Waals surface area (Å²) in [5.74, 6) is -1.33. The van der Waals surface area contributed by atoms with Crippen molar-refractivity contribution in [2.24, 2.45) is 11.8 Å². The third kappa shape index (κ3) is 6.23. The molecule has 15 rings (SSSR count). The van der Waals surface area contributed by atoms with Gasteiger partial charge in [-0.15, -0.1) is 5.06 Å². The molecule has 9 aliphatic rings. The molecule has 0 bridgehead atoms. The molecule has 2 atom stereocenters. The number of imide groups is 1. The van der Waals surface area contributed by atoms with Crippen LogP contribution in [-0.4, -0.2) is 98.2 Å². The Kier molecular flexibility index (Phi) is 9.08. The molecule has 5 saturated heterocycles. The fourth-order valence-electron chi connectivity index (χ4n) is 12.4. The van der Waals surface area contributed by atoms with Gasteiger partial charge in [-0.2, -0.15) is 0 Å². The number of ether oxygens (including phenoxy) is 4. The third-order valence-corrected chi connectivity index (χ3v) is 16.9. The molecule has 2 spiro atoms. The topological polar surface area (TPSA) is 185 Å². The molecular formula is C58H45N5O12. The summed E-state index contributed by atoms with van der Waals surface area (Å²) < 4.78 is 26.3. The molecule has 5 fully saturated rings. The van der Waals surface area contributed by atoms with Gasteiger partial charge in [-0.3, -0.25) is 9.59 Å². The summed E-state index contributed by atoms with van der Waals surface area (Å²) in [4.78, 5) is 92.3. The molecule has 0 saturated carbocycles. The maximum absolute atomic E-state index is 13.9. The summed E-state index contributed by atoms with van der Waals surface area (Å²) in [5, 5.41) is 10.5. The van der Waals surface area contributed by atoms with Crippen molar-refractivity contribution in [1.29, 1.82) is 0 Å². The van der Waals surface area contributed by atoms with Crippen LogP contribution in [0.4, 0.5) is 22.7 Å². The number of nitrogens with zero attached hydrogens (tertiary/aromatic N) is 5. The maximum Gasteiger partial charge on any atom is 0.363 e. The number of fused-ring (bicyclic) bond motifs is 12. The van der Waals surface area contributed by atoms with Gasteiger partial charge in [0.15, 0.2) is 11.2 Å². The average molecular weight is 1000 g/mol. The van der Waals surface area contributed by atoms with Crippen molar-refractivity contribution in [3.8, 4) is 23.0 Å². The highest BCUT2D eigenvalue weighted by Crippen LogP contribution is 2.60. The van der Waals surface area contributed by atoms with Crippen LogP contribution in [0.25, 0.3) is 0 Å². The highest BCUT2D eigenvalue weighted by Gasteiger charge is 2.56. The molecule has 0 radical (unpaired) electrons. The minimum atomic E-state index is -1.48. The number of anilines is 4. The van der Waals surface area contributed by atoms with Gasteiger partial charge in [0.25, 0.3) is 11.8 Å². The molecule has 374 valence electrons. The number of carbonyl (C=O) groups excluding carboxylic acids is 5. The zero-order valence-corrected chi connectivity index (χ0v) is 40.2. The van der Waals surface area contributed by atoms with E-state index in [1.54, 1.807) is 12.1 Å². The predicted molar refractivity (Wildman–Crippen MR) is 268 cm³/mol. The smallest absolute Gasteiger partial charge is 0.363 e. The molecule has 6 aromatic carbocycles. The summed E-state index contributed by atoms with van der Waals surface area (Å²) in [6.07, 6.45) is 2.09. The number of carbonyl (C=O) groups is 6. The molecule has 17 nitrogen and oxygen atoms in total. The van der Waals surface area contributed by atoms with Gasteiger partial charge in [0, 0.05) is 157 Å². The number of hydrogen-bond donors (Lipinski definition) is 1. The minimum absolute atomic E-state index is 0.0406. The second-order valence-corrected chi connectivity index (χ2v) is 20.9. The molecule has 6 aromatic rings. The Balaban J connectivity index is 0.693. The third-order valence-electron chi connectivity index (χ3n) is 16.9. The predicted octanol–water partition coefficient (Wildman–Crippen LogP) is 7.73. The average Bonchev–Trinajstić information content (AvgIpc) is 4.07. The Labute approximate surface area is 428 Å². The van der Waals surface area contributed by atoms with E-state index in [0.29, 0.717) is 78.8 Å². The van der Waals surface area contributed by atoms with Crippen molar-refractivity contribution >= 4 is 58.4 Å². The number of carboxylic acids is 1. The molecule has 9 heterocycles. The minimum Gasteiger partial charge on any atom is -0.478 e. The van der Waals surface area contributed by atoms with Gasteiger partial charge in [-0.25, -0.2) is 19.2 Å². The van der Waals surface area contributed by atoms with Crippen molar-refractivity contribution in [3.63, 3.8) is 0 Å². The summed E-state index contributed by atoms with van der Waals surface area (Å²) in [6.45, 7) is 6.99. The maximum atomic E-state index is 13.9. The fourth-order valence-corrected chi connectivity index (χ4v) is 12.4. The molecule has 0 aliphatic carbocycles. The van der Waals surface area contributed by atoms with E-state index in [0.717, 1.165) is 87.9 Å². The van der Waals surface area contributed by atoms with Gasteiger partial charge in [0.1, 0.15) is 23.0 Å². The molecular weight excluding hydrogens is 959 g/mol. The lowest BCUT2D eigenvalue weighted by atomic mass is 9.76. The van der Waals surface area contributed by atoms with E-state index in [1.807, 2.05) is 72.8 Å². The lowest BCUT2D eigenvalue weighted by Crippen LogP contribution is -2.60. The largest absolute Gasteiger partial charge is 0.478 e. The van der Waals surface area contributed by atoms with Crippen LogP contribution in [0, 0.1) is 11.8 Å². The zero-order chi connectivity index (χ0) is 50.6. The van der Waals surface area contributed by atoms with Crippen molar-refractivity contribution in [2.75, 3.05) is 72.0 Å². The van der Waals surface area contributed by atoms with Gasteiger partial charge in [-0.1, -0.05) is 0 Å². The number of amides is 2. The monoisotopic (exact) mass is 1000 g/mol. The van der Waals surface area contributed by atoms with Crippen LogP contribution in [0.15, 0.2) is 109 Å². The van der Waals surface area contributed by atoms with E-state index in [-0.39, 0.29) is 29.5 Å². The van der Waals surface area contributed by atoms with E-state index in [1.165, 1.54) is 24.3 Å². The van der Waals surface area contributed by atoms with Crippen LogP contribution >= 0.6 is 0 Å². The normalized spacial score (nSPS) is 22.6. The lowest BCUT2D eigenvalue weighted by Gasteiger charge is -2.52. The Morgan fingerprint density at radius 2 is 0.867 bits per heavy atom. The quantitative estimate of drug-likeness (QED) is 0.115. The fraction of sp³-hybridized carbons (Fsp3) is 0.276. The second kappa shape index (κ2) is 15.6. The molecule has 17 heteroatoms. The first-order chi connectivity index (χ1) is 36.4. The van der Waals surface area contributed by atoms with Gasteiger partial charge in [0.05, 0.1) is 22.3 Å². The molecule has 0 aromatic heterocycles. The van der Waals surface area contributed by atoms with Crippen molar-refractivity contribution in [1.82, 2.24) is 5.06 Å². The summed E-state index contributed by atoms with van der Waals surface area (Å²) >= 11 is 0. The molecule has 2 unspecified atom stereocenters. The molecule has 1 N–H and O–H groups in total. The molecule has 9 aliphatic heterocycles. The molecule has 2 amide bonds. The number of aromatic carboxylic acids is 1. The highest BCUT2D eigenvalue weighted by atomic mass is 16.7. The Hall–Kier alpha value is -8.86. The number of hydrogen-bond acceptors (Lipinski definition) is 15. The number of esters is 2. The van der Waals surface area contributed by atoms with Gasteiger partial charge < -0.3 is 48.5 Å². The zero-order valence-electron chi connectivity index (χ0n) is 40.2.